The summed E-state index contributed by atoms with van der Waals surface area (Å²) in [5.41, 5.74) is 10.6. The number of fused-ring (bicyclic) bond motifs is 1. The molecule has 3 aromatic carbocycles. The number of benzene rings is 3. The van der Waals surface area contributed by atoms with E-state index in [1.165, 1.54) is 38.9 Å². The Bertz CT molecular complexity index is 1220. The molecule has 0 aliphatic heterocycles. The molecular weight excluding hydrogens is 540 g/mol. The molecule has 0 radical (unpaired) electrons. The minimum absolute atomic E-state index is 0. The molecule has 0 amide bonds. The van der Waals surface area contributed by atoms with Gasteiger partial charge in [-0.25, -0.2) is 0 Å². The summed E-state index contributed by atoms with van der Waals surface area (Å²) in [6.07, 6.45) is 5.45. The molecule has 0 fully saturated rings. The van der Waals surface area contributed by atoms with Crippen LogP contribution >= 0.6 is 0 Å². The lowest BCUT2D eigenvalue weighted by molar-refractivity contribution is 1.48. The molecular formula is C45H62. The highest BCUT2D eigenvalue weighted by Gasteiger charge is 2.06. The molecule has 0 bridgehead atoms. The van der Waals surface area contributed by atoms with Crippen LogP contribution < -0.4 is 0 Å². The first-order valence-corrected chi connectivity index (χ1v) is 15.7. The number of hydrogen-bond acceptors (Lipinski definition) is 0. The topological polar surface area (TPSA) is 0 Å². The van der Waals surface area contributed by atoms with Crippen LogP contribution in [0.25, 0.3) is 11.1 Å². The number of aryl methyl sites for hydroxylation is 5. The van der Waals surface area contributed by atoms with Gasteiger partial charge in [0.15, 0.2) is 0 Å². The molecule has 0 heterocycles. The average molecular weight is 603 g/mol. The normalized spacial score (nSPS) is 8.80. The van der Waals surface area contributed by atoms with Crippen molar-refractivity contribution in [1.82, 2.24) is 0 Å². The zero-order valence-electron chi connectivity index (χ0n) is 29.3. The second-order valence-corrected chi connectivity index (χ2v) is 9.56. The lowest BCUT2D eigenvalue weighted by atomic mass is 10.1. The van der Waals surface area contributed by atoms with Crippen LogP contribution in [0.1, 0.15) is 69.9 Å². The Kier molecular flexibility index (Phi) is 31.0. The van der Waals surface area contributed by atoms with Gasteiger partial charge in [0.05, 0.1) is 0 Å². The van der Waals surface area contributed by atoms with Crippen LogP contribution in [0, 0.1) is 34.6 Å². The maximum absolute atomic E-state index is 3.56. The third-order valence-corrected chi connectivity index (χ3v) is 5.84. The van der Waals surface area contributed by atoms with Crippen molar-refractivity contribution in [2.45, 2.75) is 76.7 Å². The molecule has 5 rings (SSSR count). The van der Waals surface area contributed by atoms with E-state index >= 15 is 0 Å². The summed E-state index contributed by atoms with van der Waals surface area (Å²) in [6, 6.07) is 43.6. The Labute approximate surface area is 279 Å². The van der Waals surface area contributed by atoms with E-state index in [2.05, 4.69) is 121 Å². The van der Waals surface area contributed by atoms with Crippen molar-refractivity contribution in [1.29, 1.82) is 0 Å². The average Bonchev–Trinajstić information content (AvgIpc) is 3.20. The highest BCUT2D eigenvalue weighted by atomic mass is 14.1. The SMILES string of the molecule is C.C=C/C=C(/C)C=C.CC.CC.Cc1cc(C)c2cccccc1-2.Cc1ccccc1.Cc1ccccc1.Cc1ccccc1. The summed E-state index contributed by atoms with van der Waals surface area (Å²) < 4.78 is 0. The molecule has 0 heteroatoms. The van der Waals surface area contributed by atoms with E-state index in [0.29, 0.717) is 0 Å². The van der Waals surface area contributed by atoms with E-state index in [1.54, 1.807) is 12.2 Å². The quantitative estimate of drug-likeness (QED) is 0.176. The third-order valence-electron chi connectivity index (χ3n) is 5.84. The van der Waals surface area contributed by atoms with Gasteiger partial charge >= 0.3 is 0 Å². The molecule has 2 aliphatic carbocycles. The molecule has 2 aliphatic rings. The van der Waals surface area contributed by atoms with Gasteiger partial charge in [0.1, 0.15) is 0 Å². The van der Waals surface area contributed by atoms with Gasteiger partial charge in [-0.05, 0) is 63.8 Å². The van der Waals surface area contributed by atoms with Gasteiger partial charge in [-0.2, -0.15) is 0 Å². The maximum Gasteiger partial charge on any atom is -0.0152 e. The Morgan fingerprint density at radius 2 is 0.733 bits per heavy atom. The molecule has 0 saturated carbocycles. The molecule has 0 atom stereocenters. The molecule has 0 unspecified atom stereocenters. The first-order chi connectivity index (χ1) is 21.3. The predicted octanol–water partition coefficient (Wildman–Crippen LogP) is 14.4. The van der Waals surface area contributed by atoms with Gasteiger partial charge in [-0.3, -0.25) is 0 Å². The lowest BCUT2D eigenvalue weighted by Crippen LogP contribution is -1.70. The fraction of sp³-hybridized carbons (Fsp3) is 0.244. The fourth-order valence-corrected chi connectivity index (χ4v) is 3.57. The van der Waals surface area contributed by atoms with Crippen LogP contribution in [-0.4, -0.2) is 0 Å². The molecule has 242 valence electrons. The minimum Gasteiger partial charge on any atom is -0.0991 e. The maximum atomic E-state index is 3.56. The van der Waals surface area contributed by atoms with Crippen molar-refractivity contribution < 1.29 is 0 Å². The van der Waals surface area contributed by atoms with Crippen molar-refractivity contribution in [2.24, 2.45) is 0 Å². The summed E-state index contributed by atoms with van der Waals surface area (Å²) >= 11 is 0. The van der Waals surface area contributed by atoms with Crippen LogP contribution in [0.2, 0.25) is 0 Å². The zero-order chi connectivity index (χ0) is 33.6. The molecule has 0 nitrogen and oxygen atoms in total. The molecule has 0 saturated heterocycles. The smallest absolute Gasteiger partial charge is 0.0152 e. The van der Waals surface area contributed by atoms with Gasteiger partial charge in [0.2, 0.25) is 0 Å². The molecule has 0 N–H and O–H groups in total. The van der Waals surface area contributed by atoms with Crippen LogP contribution in [-0.2, 0) is 0 Å². The number of hydrogen-bond donors (Lipinski definition) is 0. The van der Waals surface area contributed by atoms with Crippen LogP contribution in [0.15, 0.2) is 164 Å². The summed E-state index contributed by atoms with van der Waals surface area (Å²) in [4.78, 5) is 0. The van der Waals surface area contributed by atoms with Gasteiger partial charge in [0, 0.05) is 0 Å². The van der Waals surface area contributed by atoms with Crippen LogP contribution in [0.3, 0.4) is 0 Å². The third kappa shape index (κ3) is 23.7. The van der Waals surface area contributed by atoms with Gasteiger partial charge < -0.3 is 0 Å². The summed E-state index contributed by atoms with van der Waals surface area (Å²) in [6.45, 7) is 27.6. The largest absolute Gasteiger partial charge is 0.0991 e. The van der Waals surface area contributed by atoms with E-state index in [9.17, 15) is 0 Å². The molecule has 3 aromatic rings. The predicted molar refractivity (Wildman–Crippen MR) is 210 cm³/mol. The van der Waals surface area contributed by atoms with Gasteiger partial charge in [0.25, 0.3) is 0 Å². The van der Waals surface area contributed by atoms with E-state index < -0.39 is 0 Å². The highest BCUT2D eigenvalue weighted by molar-refractivity contribution is 5.73. The van der Waals surface area contributed by atoms with Crippen molar-refractivity contribution in [2.75, 3.05) is 0 Å². The number of allylic oxidation sites excluding steroid dienone is 4. The molecule has 0 spiro atoms. The standard InChI is InChI=1S/C12H12.3C7H8.C7H10.2C2H6.CH4/c1-9-8-10(2)12-7-5-3-4-6-11(9)12;3*1-7-5-3-2-4-6-7;1-4-6-7(3)5-2;2*1-2;/h3-8H,1-2H3;3*2-6H,1H3;4-6H,1-2H2,3H3;2*1-2H3;1H4/b;;;;7-6-;;;. The van der Waals surface area contributed by atoms with E-state index in [4.69, 9.17) is 0 Å². The Morgan fingerprint density at radius 1 is 0.467 bits per heavy atom. The summed E-state index contributed by atoms with van der Waals surface area (Å²) in [5.74, 6) is 0. The van der Waals surface area contributed by atoms with Crippen molar-refractivity contribution in [3.8, 4) is 11.1 Å². The van der Waals surface area contributed by atoms with Crippen molar-refractivity contribution >= 4 is 0 Å². The van der Waals surface area contributed by atoms with Crippen LogP contribution in [0.4, 0.5) is 0 Å². The molecule has 0 aromatic heterocycles. The monoisotopic (exact) mass is 602 g/mol. The lowest BCUT2D eigenvalue weighted by Gasteiger charge is -1.94. The van der Waals surface area contributed by atoms with E-state index in [-0.39, 0.29) is 7.43 Å². The van der Waals surface area contributed by atoms with Crippen LogP contribution in [0.5, 0.6) is 0 Å². The second kappa shape index (κ2) is 31.0. The Morgan fingerprint density at radius 3 is 0.911 bits per heavy atom. The van der Waals surface area contributed by atoms with Gasteiger partial charge in [-0.15, -0.1) is 0 Å². The fourth-order valence-electron chi connectivity index (χ4n) is 3.57. The summed E-state index contributed by atoms with van der Waals surface area (Å²) in [5, 5.41) is 0. The highest BCUT2D eigenvalue weighted by Crippen LogP contribution is 2.30. The Hall–Kier alpha value is -4.42. The van der Waals surface area contributed by atoms with Gasteiger partial charge in [-0.1, -0.05) is 216 Å². The Balaban J connectivity index is -0.000000483. The van der Waals surface area contributed by atoms with Crippen molar-refractivity contribution in [3.05, 3.63) is 192 Å². The molecule has 45 heavy (non-hydrogen) atoms. The first kappa shape index (κ1) is 45.0. The van der Waals surface area contributed by atoms with E-state index in [1.807, 2.05) is 95.3 Å². The summed E-state index contributed by atoms with van der Waals surface area (Å²) in [7, 11) is 0. The first-order valence-electron chi connectivity index (χ1n) is 15.7. The minimum atomic E-state index is 0. The number of rotatable bonds is 2. The van der Waals surface area contributed by atoms with Crippen molar-refractivity contribution in [3.63, 3.8) is 0 Å². The zero-order valence-corrected chi connectivity index (χ0v) is 29.3. The van der Waals surface area contributed by atoms with E-state index in [0.717, 1.165) is 5.57 Å². The second-order valence-electron chi connectivity index (χ2n) is 9.56.